The number of amides is 2. The van der Waals surface area contributed by atoms with Crippen LogP contribution in [-0.4, -0.2) is 41.8 Å². The summed E-state index contributed by atoms with van der Waals surface area (Å²) < 4.78 is 5.55. The summed E-state index contributed by atoms with van der Waals surface area (Å²) in [6.07, 6.45) is -0.736. The summed E-state index contributed by atoms with van der Waals surface area (Å²) in [5.41, 5.74) is 4.57. The van der Waals surface area contributed by atoms with E-state index in [0.717, 1.165) is 22.3 Å². The minimum atomic E-state index is -0.966. The molecular weight excluding hydrogens is 420 g/mol. The van der Waals surface area contributed by atoms with Gasteiger partial charge in [0.05, 0.1) is 12.3 Å². The van der Waals surface area contributed by atoms with E-state index in [1.165, 1.54) is 0 Å². The number of carboxylic acids is 1. The van der Waals surface area contributed by atoms with Gasteiger partial charge >= 0.3 is 12.1 Å². The van der Waals surface area contributed by atoms with Gasteiger partial charge in [-0.05, 0) is 35.1 Å². The molecule has 1 aliphatic rings. The van der Waals surface area contributed by atoms with Crippen molar-refractivity contribution in [3.05, 3.63) is 59.7 Å². The monoisotopic (exact) mass is 452 g/mol. The number of fused-ring (bicyclic) bond motifs is 3. The molecule has 7 nitrogen and oxygen atoms in total. The Morgan fingerprint density at radius 1 is 0.909 bits per heavy atom. The van der Waals surface area contributed by atoms with E-state index >= 15 is 0 Å². The summed E-state index contributed by atoms with van der Waals surface area (Å²) in [4.78, 5) is 36.2. The first-order valence-corrected chi connectivity index (χ1v) is 11.3. The molecule has 0 aliphatic heterocycles. The highest BCUT2D eigenvalue weighted by atomic mass is 16.5. The van der Waals surface area contributed by atoms with Crippen molar-refractivity contribution in [2.24, 2.45) is 11.8 Å². The summed E-state index contributed by atoms with van der Waals surface area (Å²) in [6, 6.07) is 15.3. The second-order valence-electron chi connectivity index (χ2n) is 9.00. The van der Waals surface area contributed by atoms with Crippen LogP contribution in [0.3, 0.4) is 0 Å². The van der Waals surface area contributed by atoms with E-state index in [1.54, 1.807) is 13.8 Å². The zero-order chi connectivity index (χ0) is 24.1. The lowest BCUT2D eigenvalue weighted by molar-refractivity contribution is -0.138. The molecule has 3 rings (SSSR count). The van der Waals surface area contributed by atoms with Crippen LogP contribution in [0.5, 0.6) is 0 Å². The number of hydrogen-bond acceptors (Lipinski definition) is 4. The molecule has 2 aromatic carbocycles. The van der Waals surface area contributed by atoms with Gasteiger partial charge in [0.15, 0.2) is 0 Å². The van der Waals surface area contributed by atoms with Crippen molar-refractivity contribution in [3.8, 4) is 11.1 Å². The Labute approximate surface area is 194 Å². The van der Waals surface area contributed by atoms with Crippen molar-refractivity contribution < 1.29 is 24.2 Å². The van der Waals surface area contributed by atoms with Gasteiger partial charge in [-0.2, -0.15) is 0 Å². The Morgan fingerprint density at radius 2 is 1.45 bits per heavy atom. The molecule has 2 amide bonds. The van der Waals surface area contributed by atoms with E-state index in [1.807, 2.05) is 38.1 Å². The first-order chi connectivity index (χ1) is 15.7. The predicted molar refractivity (Wildman–Crippen MR) is 126 cm³/mol. The number of hydrogen-bond donors (Lipinski definition) is 3. The van der Waals surface area contributed by atoms with Crippen LogP contribution in [0, 0.1) is 11.8 Å². The third-order valence-electron chi connectivity index (χ3n) is 6.38. The first-order valence-electron chi connectivity index (χ1n) is 11.3. The van der Waals surface area contributed by atoms with Crippen molar-refractivity contribution in [1.82, 2.24) is 10.6 Å². The molecule has 2 unspecified atom stereocenters. The molecule has 176 valence electrons. The maximum absolute atomic E-state index is 12.6. The quantitative estimate of drug-likeness (QED) is 0.530. The van der Waals surface area contributed by atoms with Crippen molar-refractivity contribution in [2.45, 2.75) is 52.1 Å². The lowest BCUT2D eigenvalue weighted by atomic mass is 9.97. The Balaban J connectivity index is 1.56. The first kappa shape index (κ1) is 24.3. The number of carboxylic acid groups (broad SMARTS) is 1. The second-order valence-corrected chi connectivity index (χ2v) is 9.00. The molecule has 0 aromatic heterocycles. The SMILES string of the molecule is CC(NC(=O)OCC1c2ccccc2-c2ccccc21)C(C)C(=O)N[C@H](CC(=O)O)C(C)C. The van der Waals surface area contributed by atoms with Gasteiger partial charge in [0.1, 0.15) is 6.61 Å². The topological polar surface area (TPSA) is 105 Å². The van der Waals surface area contributed by atoms with Gasteiger partial charge in [-0.1, -0.05) is 69.3 Å². The van der Waals surface area contributed by atoms with Gasteiger partial charge in [0.2, 0.25) is 5.91 Å². The zero-order valence-corrected chi connectivity index (χ0v) is 19.5. The van der Waals surface area contributed by atoms with Gasteiger partial charge in [-0.25, -0.2) is 4.79 Å². The number of alkyl carbamates (subject to hydrolysis) is 1. The number of carbonyl (C=O) groups is 3. The summed E-state index contributed by atoms with van der Waals surface area (Å²) in [5.74, 6) is -1.89. The third kappa shape index (κ3) is 5.72. The van der Waals surface area contributed by atoms with Crippen molar-refractivity contribution >= 4 is 18.0 Å². The maximum atomic E-state index is 12.6. The lowest BCUT2D eigenvalue weighted by Gasteiger charge is -2.26. The average Bonchev–Trinajstić information content (AvgIpc) is 3.10. The standard InChI is InChI=1S/C26H32N2O5/c1-15(2)23(13-24(29)30)28-25(31)16(3)17(4)27-26(32)33-14-22-20-11-7-5-9-18(20)19-10-6-8-12-21(19)22/h5-12,15-17,22-23H,13-14H2,1-4H3,(H,27,32)(H,28,31)(H,29,30)/t16?,17?,23-/m1/s1. The molecule has 0 radical (unpaired) electrons. The molecule has 0 heterocycles. The van der Waals surface area contributed by atoms with E-state index in [4.69, 9.17) is 9.84 Å². The molecule has 3 N–H and O–H groups in total. The fraction of sp³-hybridized carbons (Fsp3) is 0.423. The van der Waals surface area contributed by atoms with Gasteiger partial charge in [-0.3, -0.25) is 9.59 Å². The summed E-state index contributed by atoms with van der Waals surface area (Å²) in [5, 5.41) is 14.6. The molecule has 0 saturated heterocycles. The maximum Gasteiger partial charge on any atom is 0.407 e. The minimum Gasteiger partial charge on any atom is -0.481 e. The molecule has 33 heavy (non-hydrogen) atoms. The number of ether oxygens (including phenoxy) is 1. The largest absolute Gasteiger partial charge is 0.481 e. The second kappa shape index (κ2) is 10.5. The summed E-state index contributed by atoms with van der Waals surface area (Å²) >= 11 is 0. The molecule has 0 saturated carbocycles. The van der Waals surface area contributed by atoms with E-state index in [2.05, 4.69) is 34.9 Å². The Morgan fingerprint density at radius 3 is 1.97 bits per heavy atom. The molecule has 3 atom stereocenters. The van der Waals surface area contributed by atoms with Crippen molar-refractivity contribution in [3.63, 3.8) is 0 Å². The van der Waals surface area contributed by atoms with Crippen LogP contribution in [0.4, 0.5) is 4.79 Å². The highest BCUT2D eigenvalue weighted by molar-refractivity contribution is 5.81. The van der Waals surface area contributed by atoms with E-state index in [9.17, 15) is 14.4 Å². The minimum absolute atomic E-state index is 0.0253. The van der Waals surface area contributed by atoms with Crippen molar-refractivity contribution in [1.29, 1.82) is 0 Å². The van der Waals surface area contributed by atoms with Gasteiger partial charge in [0, 0.05) is 18.0 Å². The zero-order valence-electron chi connectivity index (χ0n) is 19.5. The molecule has 0 fully saturated rings. The van der Waals surface area contributed by atoms with Gasteiger partial charge < -0.3 is 20.5 Å². The number of aliphatic carboxylic acids is 1. The summed E-state index contributed by atoms with van der Waals surface area (Å²) in [7, 11) is 0. The Bertz CT molecular complexity index is 974. The molecule has 0 spiro atoms. The highest BCUT2D eigenvalue weighted by Gasteiger charge is 2.30. The lowest BCUT2D eigenvalue weighted by Crippen LogP contribution is -2.48. The van der Waals surface area contributed by atoms with E-state index in [-0.39, 0.29) is 30.8 Å². The fourth-order valence-corrected chi connectivity index (χ4v) is 4.13. The molecule has 1 aliphatic carbocycles. The van der Waals surface area contributed by atoms with E-state index in [0.29, 0.717) is 0 Å². The van der Waals surface area contributed by atoms with Crippen LogP contribution >= 0.6 is 0 Å². The van der Waals surface area contributed by atoms with Crippen LogP contribution < -0.4 is 10.6 Å². The summed E-state index contributed by atoms with van der Waals surface area (Å²) in [6.45, 7) is 7.34. The molecule has 7 heteroatoms. The van der Waals surface area contributed by atoms with Gasteiger partial charge in [-0.15, -0.1) is 0 Å². The van der Waals surface area contributed by atoms with Gasteiger partial charge in [0.25, 0.3) is 0 Å². The van der Waals surface area contributed by atoms with Crippen LogP contribution in [0.2, 0.25) is 0 Å². The highest BCUT2D eigenvalue weighted by Crippen LogP contribution is 2.44. The van der Waals surface area contributed by atoms with Crippen LogP contribution in [0.25, 0.3) is 11.1 Å². The number of nitrogens with one attached hydrogen (secondary N) is 2. The van der Waals surface area contributed by atoms with Crippen molar-refractivity contribution in [2.75, 3.05) is 6.61 Å². The Hall–Kier alpha value is -3.35. The number of carbonyl (C=O) groups excluding carboxylic acids is 2. The Kier molecular flexibility index (Phi) is 7.74. The van der Waals surface area contributed by atoms with Crippen LogP contribution in [0.15, 0.2) is 48.5 Å². The molecule has 2 aromatic rings. The average molecular weight is 453 g/mol. The smallest absolute Gasteiger partial charge is 0.407 e. The molecule has 0 bridgehead atoms. The number of rotatable bonds is 9. The van der Waals surface area contributed by atoms with Crippen LogP contribution in [0.1, 0.15) is 51.2 Å². The number of benzene rings is 2. The van der Waals surface area contributed by atoms with Crippen LogP contribution in [-0.2, 0) is 14.3 Å². The fourth-order valence-electron chi connectivity index (χ4n) is 4.13. The predicted octanol–water partition coefficient (Wildman–Crippen LogP) is 4.17. The molecular formula is C26H32N2O5. The van der Waals surface area contributed by atoms with E-state index < -0.39 is 30.1 Å². The third-order valence-corrected chi connectivity index (χ3v) is 6.38. The normalized spacial score (nSPS) is 15.2.